The molecule has 4 fully saturated rings. The van der Waals surface area contributed by atoms with Gasteiger partial charge < -0.3 is 29.5 Å². The number of hydrogen-bond donors (Lipinski definition) is 2. The van der Waals surface area contributed by atoms with E-state index in [0.29, 0.717) is 58.7 Å². The van der Waals surface area contributed by atoms with Gasteiger partial charge in [0, 0.05) is 50.7 Å². The third-order valence-electron chi connectivity index (χ3n) is 8.07. The minimum Gasteiger partial charge on any atom is -0.481 e. The topological polar surface area (TPSA) is 120 Å². The molecule has 0 aromatic heterocycles. The number of aliphatic hydroxyl groups is 1. The van der Waals surface area contributed by atoms with Crippen molar-refractivity contribution in [3.05, 3.63) is 12.7 Å². The molecule has 10 nitrogen and oxygen atoms in total. The van der Waals surface area contributed by atoms with Crippen molar-refractivity contribution in [3.8, 4) is 0 Å². The smallest absolute Gasteiger partial charge is 0.310 e. The maximum absolute atomic E-state index is 14.2. The first-order valence-corrected chi connectivity index (χ1v) is 13.9. The van der Waals surface area contributed by atoms with E-state index in [9.17, 15) is 19.5 Å². The van der Waals surface area contributed by atoms with Crippen LogP contribution in [-0.4, -0.2) is 124 Å². The summed E-state index contributed by atoms with van der Waals surface area (Å²) in [6, 6.07) is -0.869. The number of carbonyl (C=O) groups is 3. The molecular weight excluding hydrogens is 534 g/mol. The van der Waals surface area contributed by atoms with Crippen LogP contribution in [-0.2, 0) is 23.9 Å². The fourth-order valence-electron chi connectivity index (χ4n) is 6.39. The quantitative estimate of drug-likeness (QED) is 0.188. The second-order valence-corrected chi connectivity index (χ2v) is 11.4. The van der Waals surface area contributed by atoms with Crippen molar-refractivity contribution in [1.29, 1.82) is 0 Å². The second kappa shape index (κ2) is 11.9. The fourth-order valence-corrected chi connectivity index (χ4v) is 7.33. The van der Waals surface area contributed by atoms with Crippen LogP contribution in [0.25, 0.3) is 0 Å². The molecule has 4 rings (SSSR count). The number of carboxylic acid groups (broad SMARTS) is 1. The van der Waals surface area contributed by atoms with Crippen molar-refractivity contribution >= 4 is 33.7 Å². The van der Waals surface area contributed by atoms with Crippen molar-refractivity contribution in [2.24, 2.45) is 11.8 Å². The summed E-state index contributed by atoms with van der Waals surface area (Å²) in [5.41, 5.74) is -1.15. The molecule has 2 N–H and O–H groups in total. The highest BCUT2D eigenvalue weighted by Crippen LogP contribution is 2.60. The molecule has 202 valence electrons. The lowest BCUT2D eigenvalue weighted by Gasteiger charge is -2.38. The Labute approximate surface area is 220 Å². The molecule has 4 aliphatic heterocycles. The van der Waals surface area contributed by atoms with E-state index in [1.54, 1.807) is 15.9 Å². The number of morpholine rings is 1. The van der Waals surface area contributed by atoms with Crippen LogP contribution in [0.2, 0.25) is 0 Å². The van der Waals surface area contributed by atoms with Gasteiger partial charge in [-0.15, -0.1) is 6.58 Å². The zero-order chi connectivity index (χ0) is 25.9. The Morgan fingerprint density at radius 1 is 1.19 bits per heavy atom. The third-order valence-corrected chi connectivity index (χ3v) is 8.91. The number of unbranched alkanes of at least 4 members (excludes halogenated alkanes) is 3. The van der Waals surface area contributed by atoms with Crippen molar-refractivity contribution in [3.63, 3.8) is 0 Å². The average Bonchev–Trinajstić information content (AvgIpc) is 3.45. The Hall–Kier alpha value is -1.53. The Morgan fingerprint density at radius 3 is 2.58 bits per heavy atom. The number of nitrogens with zero attached hydrogens (tertiary/aromatic N) is 3. The summed E-state index contributed by atoms with van der Waals surface area (Å²) in [6.45, 7) is 8.75. The number of ether oxygens (including phenoxy) is 2. The van der Waals surface area contributed by atoms with Gasteiger partial charge in [-0.05, 0) is 19.3 Å². The number of carbonyl (C=O) groups excluding carboxylic acids is 2. The first kappa shape index (κ1) is 27.5. The van der Waals surface area contributed by atoms with E-state index in [2.05, 4.69) is 27.4 Å². The normalized spacial score (nSPS) is 33.7. The summed E-state index contributed by atoms with van der Waals surface area (Å²) in [6.07, 6.45) is 4.46. The van der Waals surface area contributed by atoms with Gasteiger partial charge in [-0.2, -0.15) is 0 Å². The van der Waals surface area contributed by atoms with Gasteiger partial charge in [-0.25, -0.2) is 0 Å². The van der Waals surface area contributed by atoms with E-state index in [4.69, 9.17) is 14.6 Å². The number of halogens is 1. The van der Waals surface area contributed by atoms with E-state index in [-0.39, 0.29) is 23.2 Å². The first-order valence-electron chi connectivity index (χ1n) is 13.0. The van der Waals surface area contributed by atoms with Crippen LogP contribution in [0.5, 0.6) is 0 Å². The lowest BCUT2D eigenvalue weighted by Crippen LogP contribution is -2.57. The van der Waals surface area contributed by atoms with Crippen LogP contribution in [0.4, 0.5) is 0 Å². The van der Waals surface area contributed by atoms with Crippen molar-refractivity contribution in [1.82, 2.24) is 14.7 Å². The van der Waals surface area contributed by atoms with E-state index in [1.807, 2.05) is 0 Å². The molecule has 0 aromatic rings. The molecule has 0 saturated carbocycles. The standard InChI is InChI=1S/C25H38BrN3O7/c1-2-7-28(10-9-27-11-14-35-15-12-27)23(32)21-25-16-17(26)20(36-25)18(24(33)34)19(25)22(31)29(21)8-5-3-4-6-13-30/h2,17-21,30H,1,3-16H2,(H,33,34)/t17?,18-,19+,20-,21?,25?/m1/s1. The lowest BCUT2D eigenvalue weighted by atomic mass is 9.70. The highest BCUT2D eigenvalue weighted by molar-refractivity contribution is 9.09. The molecule has 0 aromatic carbocycles. The van der Waals surface area contributed by atoms with Gasteiger partial charge in [0.05, 0.1) is 31.2 Å². The van der Waals surface area contributed by atoms with E-state index in [0.717, 1.165) is 25.9 Å². The molecular formula is C25H38BrN3O7. The lowest BCUT2D eigenvalue weighted by molar-refractivity contribution is -0.150. The molecule has 1 spiro atoms. The van der Waals surface area contributed by atoms with Crippen LogP contribution in [0.3, 0.4) is 0 Å². The maximum atomic E-state index is 14.2. The minimum atomic E-state index is -1.15. The third kappa shape index (κ3) is 5.09. The van der Waals surface area contributed by atoms with Crippen molar-refractivity contribution in [2.75, 3.05) is 59.1 Å². The van der Waals surface area contributed by atoms with Gasteiger partial charge in [0.15, 0.2) is 0 Å². The Bertz CT molecular complexity index is 838. The van der Waals surface area contributed by atoms with Gasteiger partial charge in [-0.3, -0.25) is 19.3 Å². The molecule has 2 bridgehead atoms. The number of likely N-dealkylation sites (tertiary alicyclic amines) is 1. The number of alkyl halides is 1. The van der Waals surface area contributed by atoms with Gasteiger partial charge in [0.25, 0.3) is 0 Å². The van der Waals surface area contributed by atoms with E-state index in [1.165, 1.54) is 0 Å². The molecule has 11 heteroatoms. The summed E-state index contributed by atoms with van der Waals surface area (Å²) >= 11 is 3.58. The zero-order valence-electron chi connectivity index (χ0n) is 20.7. The molecule has 2 amide bonds. The van der Waals surface area contributed by atoms with Crippen LogP contribution in [0, 0.1) is 11.8 Å². The number of aliphatic hydroxyl groups excluding tert-OH is 1. The summed E-state index contributed by atoms with van der Waals surface area (Å²) in [5.74, 6) is -3.41. The summed E-state index contributed by atoms with van der Waals surface area (Å²) in [7, 11) is 0. The second-order valence-electron chi connectivity index (χ2n) is 10.2. The Kier molecular flexibility index (Phi) is 9.09. The minimum absolute atomic E-state index is 0.122. The van der Waals surface area contributed by atoms with E-state index >= 15 is 0 Å². The van der Waals surface area contributed by atoms with Crippen LogP contribution in [0.1, 0.15) is 32.1 Å². The highest BCUT2D eigenvalue weighted by Gasteiger charge is 2.76. The number of carboxylic acids is 1. The van der Waals surface area contributed by atoms with Crippen molar-refractivity contribution < 1.29 is 34.1 Å². The average molecular weight is 572 g/mol. The molecule has 0 radical (unpaired) electrons. The Balaban J connectivity index is 1.59. The molecule has 4 heterocycles. The largest absolute Gasteiger partial charge is 0.481 e. The number of fused-ring (bicyclic) bond motifs is 1. The van der Waals surface area contributed by atoms with Gasteiger partial charge in [-0.1, -0.05) is 34.8 Å². The van der Waals surface area contributed by atoms with Crippen LogP contribution in [0.15, 0.2) is 12.7 Å². The SMILES string of the molecule is C=CCN(CCN1CCOCC1)C(=O)C1N(CCCCCCO)C(=O)[C@@H]2[C@@H](C(=O)O)[C@@H]3OC12CC3Br. The molecule has 0 aliphatic carbocycles. The first-order chi connectivity index (χ1) is 17.4. The van der Waals surface area contributed by atoms with Crippen LogP contribution < -0.4 is 0 Å². The molecule has 6 atom stereocenters. The number of rotatable bonds is 13. The number of amides is 2. The molecule has 4 aliphatic rings. The molecule has 4 saturated heterocycles. The summed E-state index contributed by atoms with van der Waals surface area (Å²) in [4.78, 5) is 45.5. The monoisotopic (exact) mass is 571 g/mol. The maximum Gasteiger partial charge on any atom is 0.310 e. The van der Waals surface area contributed by atoms with Crippen LogP contribution >= 0.6 is 15.9 Å². The molecule has 3 unspecified atom stereocenters. The van der Waals surface area contributed by atoms with Gasteiger partial charge in [0.2, 0.25) is 11.8 Å². The predicted octanol–water partition coefficient (Wildman–Crippen LogP) is 0.719. The van der Waals surface area contributed by atoms with Gasteiger partial charge in [0.1, 0.15) is 11.6 Å². The predicted molar refractivity (Wildman–Crippen MR) is 135 cm³/mol. The highest BCUT2D eigenvalue weighted by atomic mass is 79.9. The number of hydrogen-bond acceptors (Lipinski definition) is 7. The number of aliphatic carboxylic acids is 1. The zero-order valence-corrected chi connectivity index (χ0v) is 22.3. The van der Waals surface area contributed by atoms with E-state index < -0.39 is 35.6 Å². The fraction of sp³-hybridized carbons (Fsp3) is 0.800. The molecule has 36 heavy (non-hydrogen) atoms. The van der Waals surface area contributed by atoms with Gasteiger partial charge >= 0.3 is 5.97 Å². The summed E-state index contributed by atoms with van der Waals surface area (Å²) < 4.78 is 11.8. The summed E-state index contributed by atoms with van der Waals surface area (Å²) in [5, 5.41) is 19.1. The van der Waals surface area contributed by atoms with Crippen molar-refractivity contribution in [2.45, 2.75) is 54.7 Å². The Morgan fingerprint density at radius 2 is 1.92 bits per heavy atom.